The highest BCUT2D eigenvalue weighted by Gasteiger charge is 2.13. The minimum Gasteiger partial charge on any atom is -0.258 e. The van der Waals surface area contributed by atoms with Crippen molar-refractivity contribution in [2.45, 2.75) is 0 Å². The Morgan fingerprint density at radius 2 is 1.92 bits per heavy atom. The van der Waals surface area contributed by atoms with E-state index in [1.165, 1.54) is 12.1 Å². The Kier molecular flexibility index (Phi) is 2.55. The van der Waals surface area contributed by atoms with Gasteiger partial charge in [-0.2, -0.15) is 0 Å². The second kappa shape index (κ2) is 3.29. The molecule has 3 nitrogen and oxygen atoms in total. The summed E-state index contributed by atoms with van der Waals surface area (Å²) < 4.78 is 0. The summed E-state index contributed by atoms with van der Waals surface area (Å²) in [7, 11) is 0. The minimum atomic E-state index is -0.590. The monoisotopic (exact) mass is 204 g/mol. The van der Waals surface area contributed by atoms with Crippen molar-refractivity contribution in [3.8, 4) is 0 Å². The molecule has 0 atom stereocenters. The van der Waals surface area contributed by atoms with Crippen molar-refractivity contribution in [3.05, 3.63) is 44.8 Å². The van der Waals surface area contributed by atoms with Gasteiger partial charge in [-0.05, 0) is 18.6 Å². The van der Waals surface area contributed by atoms with Crippen LogP contribution in [0.5, 0.6) is 0 Å². The molecule has 63 valence electrons. The van der Waals surface area contributed by atoms with Crippen LogP contribution in [0.25, 0.3) is 0 Å². The Balaban J connectivity index is 3.33. The van der Waals surface area contributed by atoms with E-state index in [9.17, 15) is 10.1 Å². The van der Waals surface area contributed by atoms with Crippen LogP contribution in [0.1, 0.15) is 5.56 Å². The number of hydrogen-bond donors (Lipinski definition) is 0. The highest BCUT2D eigenvalue weighted by Crippen LogP contribution is 2.29. The number of hydrogen-bond acceptors (Lipinski definition) is 2. The third kappa shape index (κ3) is 1.68. The van der Waals surface area contributed by atoms with Gasteiger partial charge in [-0.25, -0.2) is 0 Å². The van der Waals surface area contributed by atoms with E-state index in [0.29, 0.717) is 5.56 Å². The number of halogens is 2. The molecule has 0 bridgehead atoms. The first kappa shape index (κ1) is 9.29. The van der Waals surface area contributed by atoms with Crippen molar-refractivity contribution in [1.82, 2.24) is 0 Å². The van der Waals surface area contributed by atoms with Crippen molar-refractivity contribution in [1.29, 1.82) is 0 Å². The van der Waals surface area contributed by atoms with Gasteiger partial charge in [0.15, 0.2) is 0 Å². The molecular formula is C7H4Cl2NO2. The fraction of sp³-hybridized carbons (Fsp3) is 0. The van der Waals surface area contributed by atoms with Crippen molar-refractivity contribution >= 4 is 28.9 Å². The average molecular weight is 205 g/mol. The van der Waals surface area contributed by atoms with E-state index in [1.807, 2.05) is 0 Å². The average Bonchev–Trinajstić information content (AvgIpc) is 1.96. The van der Waals surface area contributed by atoms with Crippen LogP contribution in [0.15, 0.2) is 12.1 Å². The van der Waals surface area contributed by atoms with Crippen molar-refractivity contribution in [2.24, 2.45) is 0 Å². The van der Waals surface area contributed by atoms with Crippen LogP contribution in [0, 0.1) is 17.0 Å². The zero-order valence-electron chi connectivity index (χ0n) is 5.88. The Labute approximate surface area is 79.1 Å². The first-order chi connectivity index (χ1) is 5.52. The van der Waals surface area contributed by atoms with E-state index in [4.69, 9.17) is 23.2 Å². The Hall–Kier alpha value is -0.800. The summed E-state index contributed by atoms with van der Waals surface area (Å²) >= 11 is 11.2. The first-order valence-corrected chi connectivity index (χ1v) is 3.73. The summed E-state index contributed by atoms with van der Waals surface area (Å²) in [6.07, 6.45) is 0. The lowest BCUT2D eigenvalue weighted by molar-refractivity contribution is -0.384. The van der Waals surface area contributed by atoms with Gasteiger partial charge in [-0.1, -0.05) is 23.2 Å². The molecule has 0 amide bonds. The van der Waals surface area contributed by atoms with Gasteiger partial charge >= 0.3 is 0 Å². The van der Waals surface area contributed by atoms with Crippen molar-refractivity contribution < 1.29 is 4.92 Å². The van der Waals surface area contributed by atoms with Gasteiger partial charge in [0.2, 0.25) is 0 Å². The van der Waals surface area contributed by atoms with Gasteiger partial charge in [-0.3, -0.25) is 10.1 Å². The quantitative estimate of drug-likeness (QED) is 0.522. The second-order valence-corrected chi connectivity index (χ2v) is 2.97. The van der Waals surface area contributed by atoms with Crippen LogP contribution >= 0.6 is 23.2 Å². The molecule has 12 heavy (non-hydrogen) atoms. The smallest absolute Gasteiger partial charge is 0.258 e. The van der Waals surface area contributed by atoms with E-state index < -0.39 is 4.92 Å². The van der Waals surface area contributed by atoms with Crippen LogP contribution in [-0.4, -0.2) is 4.92 Å². The molecule has 0 N–H and O–H groups in total. The largest absolute Gasteiger partial charge is 0.289 e. The van der Waals surface area contributed by atoms with Crippen molar-refractivity contribution in [3.63, 3.8) is 0 Å². The van der Waals surface area contributed by atoms with E-state index >= 15 is 0 Å². The standard InChI is InChI=1S/C7H4Cl2NO2/c1-4-2-6(9)7(10(11)12)3-5(4)8/h2-3H,1H2. The molecule has 5 heteroatoms. The number of rotatable bonds is 1. The summed E-state index contributed by atoms with van der Waals surface area (Å²) in [5.41, 5.74) is 0.279. The topological polar surface area (TPSA) is 43.1 Å². The molecule has 1 aromatic rings. The maximum absolute atomic E-state index is 10.3. The molecule has 0 aliphatic heterocycles. The Morgan fingerprint density at radius 1 is 1.33 bits per heavy atom. The van der Waals surface area contributed by atoms with E-state index in [-0.39, 0.29) is 15.7 Å². The third-order valence-corrected chi connectivity index (χ3v) is 1.97. The van der Waals surface area contributed by atoms with E-state index in [1.54, 1.807) is 0 Å². The number of nitro benzene ring substituents is 1. The van der Waals surface area contributed by atoms with Crippen LogP contribution < -0.4 is 0 Å². The summed E-state index contributed by atoms with van der Waals surface area (Å²) in [5, 5.41) is 10.6. The van der Waals surface area contributed by atoms with Gasteiger partial charge in [-0.15, -0.1) is 0 Å². The van der Waals surface area contributed by atoms with Gasteiger partial charge < -0.3 is 0 Å². The predicted molar refractivity (Wildman–Crippen MR) is 47.6 cm³/mol. The molecule has 1 rings (SSSR count). The normalized spacial score (nSPS) is 9.92. The highest BCUT2D eigenvalue weighted by atomic mass is 35.5. The van der Waals surface area contributed by atoms with E-state index in [2.05, 4.69) is 6.92 Å². The molecule has 0 aromatic heterocycles. The Morgan fingerprint density at radius 3 is 2.42 bits per heavy atom. The lowest BCUT2D eigenvalue weighted by atomic mass is 10.2. The maximum atomic E-state index is 10.3. The number of benzene rings is 1. The molecular weight excluding hydrogens is 201 g/mol. The molecule has 0 saturated carbocycles. The molecule has 0 saturated heterocycles. The highest BCUT2D eigenvalue weighted by molar-refractivity contribution is 6.35. The second-order valence-electron chi connectivity index (χ2n) is 2.15. The molecule has 0 heterocycles. The molecule has 0 aliphatic carbocycles. The molecule has 0 unspecified atom stereocenters. The molecule has 0 spiro atoms. The van der Waals surface area contributed by atoms with Crippen LogP contribution in [0.3, 0.4) is 0 Å². The van der Waals surface area contributed by atoms with Gasteiger partial charge in [0.1, 0.15) is 5.02 Å². The zero-order valence-corrected chi connectivity index (χ0v) is 7.39. The van der Waals surface area contributed by atoms with E-state index in [0.717, 1.165) is 0 Å². The SMILES string of the molecule is [CH2]c1cc(Cl)c([N+](=O)[O-])cc1Cl. The summed E-state index contributed by atoms with van der Waals surface area (Å²) in [5.74, 6) is 0. The maximum Gasteiger partial charge on any atom is 0.289 e. The Bertz CT molecular complexity index is 338. The molecule has 1 aromatic carbocycles. The summed E-state index contributed by atoms with van der Waals surface area (Å²) in [6.45, 7) is 3.54. The fourth-order valence-corrected chi connectivity index (χ4v) is 1.13. The lowest BCUT2D eigenvalue weighted by Gasteiger charge is -1.98. The van der Waals surface area contributed by atoms with Crippen LogP contribution in [0.2, 0.25) is 10.0 Å². The minimum absolute atomic E-state index is 0.0504. The molecule has 0 aliphatic rings. The summed E-state index contributed by atoms with van der Waals surface area (Å²) in [6, 6.07) is 2.55. The lowest BCUT2D eigenvalue weighted by Crippen LogP contribution is -1.89. The van der Waals surface area contributed by atoms with Gasteiger partial charge in [0.05, 0.1) is 9.95 Å². The van der Waals surface area contributed by atoms with Crippen LogP contribution in [-0.2, 0) is 0 Å². The zero-order chi connectivity index (χ0) is 9.30. The molecule has 1 radical (unpaired) electrons. The third-order valence-electron chi connectivity index (χ3n) is 1.31. The predicted octanol–water partition coefficient (Wildman–Crippen LogP) is 3.08. The number of nitro groups is 1. The summed E-state index contributed by atoms with van der Waals surface area (Å²) in [4.78, 5) is 9.74. The van der Waals surface area contributed by atoms with Gasteiger partial charge in [0, 0.05) is 6.07 Å². The first-order valence-electron chi connectivity index (χ1n) is 2.97. The van der Waals surface area contributed by atoms with Gasteiger partial charge in [0.25, 0.3) is 5.69 Å². The number of nitrogens with zero attached hydrogens (tertiary/aromatic N) is 1. The molecule has 0 fully saturated rings. The fourth-order valence-electron chi connectivity index (χ4n) is 0.717. The van der Waals surface area contributed by atoms with Crippen LogP contribution in [0.4, 0.5) is 5.69 Å². The van der Waals surface area contributed by atoms with Crippen molar-refractivity contribution in [2.75, 3.05) is 0 Å².